The summed E-state index contributed by atoms with van der Waals surface area (Å²) in [6, 6.07) is 2.98. The molecule has 0 saturated heterocycles. The van der Waals surface area contributed by atoms with E-state index in [0.29, 0.717) is 27.5 Å². The number of thiophene rings is 1. The average molecular weight is 450 g/mol. The Kier molecular flexibility index (Phi) is 4.42. The molecular weight excluding hydrogens is 436 g/mol. The molecule has 30 heavy (non-hydrogen) atoms. The number of amides is 1. The van der Waals surface area contributed by atoms with Gasteiger partial charge in [0.2, 0.25) is 0 Å². The number of halogens is 3. The van der Waals surface area contributed by atoms with Gasteiger partial charge in [0.25, 0.3) is 11.5 Å². The maximum Gasteiger partial charge on any atom is 0.270 e. The number of carbonyl (C=O) groups excluding carboxylic acids is 1. The van der Waals surface area contributed by atoms with Crippen molar-refractivity contribution in [2.24, 2.45) is 0 Å². The van der Waals surface area contributed by atoms with E-state index in [-0.39, 0.29) is 29.9 Å². The highest BCUT2D eigenvalue weighted by molar-refractivity contribution is 7.17. The number of likely N-dealkylation sites (N-methyl/N-ethyl adjacent to an activating group) is 1. The van der Waals surface area contributed by atoms with Gasteiger partial charge < -0.3 is 19.6 Å². The lowest BCUT2D eigenvalue weighted by molar-refractivity contribution is 0.0333. The summed E-state index contributed by atoms with van der Waals surface area (Å²) >= 11 is 7.55. The van der Waals surface area contributed by atoms with E-state index < -0.39 is 23.2 Å². The van der Waals surface area contributed by atoms with Gasteiger partial charge in [-0.3, -0.25) is 9.59 Å². The number of benzene rings is 1. The molecule has 0 saturated carbocycles. The second-order valence-electron chi connectivity index (χ2n) is 7.11. The van der Waals surface area contributed by atoms with Crippen molar-refractivity contribution in [3.63, 3.8) is 0 Å². The van der Waals surface area contributed by atoms with Gasteiger partial charge in [-0.25, -0.2) is 8.78 Å². The normalized spacial score (nSPS) is 16.2. The summed E-state index contributed by atoms with van der Waals surface area (Å²) in [6.07, 6.45) is 0. The highest BCUT2D eigenvalue weighted by atomic mass is 35.5. The molecular formula is C20H14ClF2N3O3S. The summed E-state index contributed by atoms with van der Waals surface area (Å²) < 4.78 is 34.2. The number of rotatable bonds is 2. The number of fused-ring (bicyclic) bond motifs is 4. The van der Waals surface area contributed by atoms with Crippen molar-refractivity contribution >= 4 is 49.8 Å². The van der Waals surface area contributed by atoms with E-state index in [4.69, 9.17) is 16.3 Å². The van der Waals surface area contributed by atoms with Crippen molar-refractivity contribution in [3.8, 4) is 0 Å². The summed E-state index contributed by atoms with van der Waals surface area (Å²) in [6.45, 7) is 0.247. The number of nitrogens with zero attached hydrogens (tertiary/aromatic N) is 1. The molecule has 0 radical (unpaired) electrons. The molecule has 3 aromatic heterocycles. The molecule has 2 N–H and O–H groups in total. The van der Waals surface area contributed by atoms with Crippen LogP contribution in [0, 0.1) is 11.6 Å². The van der Waals surface area contributed by atoms with Crippen LogP contribution in [0.2, 0.25) is 5.02 Å². The molecule has 4 heterocycles. The Hall–Kier alpha value is -2.75. The van der Waals surface area contributed by atoms with Gasteiger partial charge >= 0.3 is 0 Å². The van der Waals surface area contributed by atoms with Crippen molar-refractivity contribution in [2.75, 3.05) is 13.7 Å². The van der Waals surface area contributed by atoms with Crippen molar-refractivity contribution < 1.29 is 18.3 Å². The standard InChI is InChI=1S/C20H14ClF2N3O3S/c1-26(20(28)13-4-16-18(24-13)10(21)7-30-16)15-6-29-5-14-17(15)8-2-11(22)12(23)3-9(8)19(27)25-14/h2-4,7,15,24H,5-6H2,1H3,(H,25,27). The highest BCUT2D eigenvalue weighted by Gasteiger charge is 2.32. The molecule has 1 aromatic carbocycles. The zero-order valence-corrected chi connectivity index (χ0v) is 17.1. The number of pyridine rings is 1. The number of hydrogen-bond acceptors (Lipinski definition) is 4. The van der Waals surface area contributed by atoms with Crippen LogP contribution in [0.5, 0.6) is 0 Å². The van der Waals surface area contributed by atoms with Crippen LogP contribution in [0.4, 0.5) is 8.78 Å². The lowest BCUT2D eigenvalue weighted by atomic mass is 9.95. The quantitative estimate of drug-likeness (QED) is 0.477. The van der Waals surface area contributed by atoms with Gasteiger partial charge in [-0.15, -0.1) is 11.3 Å². The SMILES string of the molecule is CN(C(=O)c1cc2scc(Cl)c2[nH]1)C1COCc2[nH]c(=O)c3cc(F)c(F)cc3c21. The number of ether oxygens (including phenoxy) is 1. The number of carbonyl (C=O) groups is 1. The second-order valence-corrected chi connectivity index (χ2v) is 8.43. The first kappa shape index (κ1) is 19.2. The zero-order chi connectivity index (χ0) is 21.2. The molecule has 5 rings (SSSR count). The van der Waals surface area contributed by atoms with Gasteiger partial charge in [-0.1, -0.05) is 11.6 Å². The first-order chi connectivity index (χ1) is 14.3. The lowest BCUT2D eigenvalue weighted by Crippen LogP contribution is -2.37. The molecule has 4 aromatic rings. The molecule has 0 spiro atoms. The molecule has 0 fully saturated rings. The molecule has 1 unspecified atom stereocenters. The number of H-pyrrole nitrogens is 2. The third-order valence-corrected chi connectivity index (χ3v) is 6.73. The van der Waals surface area contributed by atoms with Crippen LogP contribution in [-0.2, 0) is 11.3 Å². The number of hydrogen-bond donors (Lipinski definition) is 2. The van der Waals surface area contributed by atoms with E-state index in [0.717, 1.165) is 16.8 Å². The van der Waals surface area contributed by atoms with Crippen molar-refractivity contribution in [1.82, 2.24) is 14.9 Å². The van der Waals surface area contributed by atoms with E-state index in [1.54, 1.807) is 18.5 Å². The minimum Gasteiger partial charge on any atom is -0.373 e. The van der Waals surface area contributed by atoms with E-state index in [1.165, 1.54) is 16.2 Å². The number of aromatic amines is 2. The van der Waals surface area contributed by atoms with E-state index in [1.807, 2.05) is 0 Å². The minimum atomic E-state index is -1.11. The first-order valence-corrected chi connectivity index (χ1v) is 10.3. The summed E-state index contributed by atoms with van der Waals surface area (Å²) in [5.41, 5.74) is 1.47. The van der Waals surface area contributed by atoms with Crippen LogP contribution in [0.3, 0.4) is 0 Å². The Labute approximate surface area is 177 Å². The molecule has 154 valence electrons. The fraction of sp³-hybridized carbons (Fsp3) is 0.200. The van der Waals surface area contributed by atoms with Crippen molar-refractivity contribution in [2.45, 2.75) is 12.6 Å². The van der Waals surface area contributed by atoms with Crippen LogP contribution in [0.25, 0.3) is 21.0 Å². The summed E-state index contributed by atoms with van der Waals surface area (Å²) in [7, 11) is 1.60. The zero-order valence-electron chi connectivity index (χ0n) is 15.5. The lowest BCUT2D eigenvalue weighted by Gasteiger charge is -2.33. The van der Waals surface area contributed by atoms with Crippen molar-refractivity contribution in [1.29, 1.82) is 0 Å². The maximum atomic E-state index is 14.0. The van der Waals surface area contributed by atoms with Gasteiger partial charge in [0.1, 0.15) is 5.69 Å². The van der Waals surface area contributed by atoms with Crippen molar-refractivity contribution in [3.05, 3.63) is 67.5 Å². The highest BCUT2D eigenvalue weighted by Crippen LogP contribution is 2.35. The minimum absolute atomic E-state index is 0.0209. The predicted octanol–water partition coefficient (Wildman–Crippen LogP) is 4.35. The van der Waals surface area contributed by atoms with Crippen LogP contribution < -0.4 is 5.56 Å². The molecule has 0 bridgehead atoms. The monoisotopic (exact) mass is 449 g/mol. The Morgan fingerprint density at radius 1 is 1.23 bits per heavy atom. The molecule has 10 heteroatoms. The van der Waals surface area contributed by atoms with Gasteiger partial charge in [0, 0.05) is 23.7 Å². The Bertz CT molecular complexity index is 1390. The molecule has 1 aliphatic rings. The largest absolute Gasteiger partial charge is 0.373 e. The van der Waals surface area contributed by atoms with E-state index in [9.17, 15) is 18.4 Å². The molecule has 6 nitrogen and oxygen atoms in total. The van der Waals surface area contributed by atoms with Gasteiger partial charge in [0.05, 0.1) is 39.9 Å². The predicted molar refractivity (Wildman–Crippen MR) is 110 cm³/mol. The van der Waals surface area contributed by atoms with Crippen LogP contribution >= 0.6 is 22.9 Å². The average Bonchev–Trinajstić information content (AvgIpc) is 3.30. The van der Waals surface area contributed by atoms with Gasteiger partial charge in [-0.2, -0.15) is 0 Å². The Balaban J connectivity index is 1.62. The van der Waals surface area contributed by atoms with E-state index >= 15 is 0 Å². The van der Waals surface area contributed by atoms with Gasteiger partial charge in [0.15, 0.2) is 11.6 Å². The topological polar surface area (TPSA) is 78.2 Å². The number of nitrogens with one attached hydrogen (secondary N) is 2. The fourth-order valence-corrected chi connectivity index (χ4v) is 5.03. The van der Waals surface area contributed by atoms with Crippen LogP contribution in [0.1, 0.15) is 27.8 Å². The Morgan fingerprint density at radius 2 is 1.97 bits per heavy atom. The van der Waals surface area contributed by atoms with Gasteiger partial charge in [-0.05, 0) is 23.6 Å². The summed E-state index contributed by atoms with van der Waals surface area (Å²) in [5, 5.41) is 2.59. The molecule has 0 aliphatic carbocycles. The van der Waals surface area contributed by atoms with Crippen LogP contribution in [-0.4, -0.2) is 34.4 Å². The maximum absolute atomic E-state index is 14.0. The molecule has 1 aliphatic heterocycles. The summed E-state index contributed by atoms with van der Waals surface area (Å²) in [4.78, 5) is 32.7. The fourth-order valence-electron chi connectivity index (χ4n) is 3.87. The third-order valence-electron chi connectivity index (χ3n) is 5.37. The molecule has 1 amide bonds. The first-order valence-electron chi connectivity index (χ1n) is 8.99. The summed E-state index contributed by atoms with van der Waals surface area (Å²) in [5.74, 6) is -2.49. The number of aromatic nitrogens is 2. The third kappa shape index (κ3) is 2.84. The molecule has 1 atom stereocenters. The smallest absolute Gasteiger partial charge is 0.270 e. The van der Waals surface area contributed by atoms with Crippen LogP contribution in [0.15, 0.2) is 28.4 Å². The van der Waals surface area contributed by atoms with E-state index in [2.05, 4.69) is 9.97 Å². The second kappa shape index (κ2) is 6.90. The Morgan fingerprint density at radius 3 is 2.70 bits per heavy atom.